The molecule has 0 fully saturated rings. The Bertz CT molecular complexity index is 384. The number of hydrogen-bond donors (Lipinski definition) is 1. The lowest BCUT2D eigenvalue weighted by molar-refractivity contribution is 0.652. The van der Waals surface area contributed by atoms with Crippen LogP contribution in [0.2, 0.25) is 0 Å². The maximum Gasteiger partial charge on any atom is 0.231 e. The molecule has 1 heterocycles. The minimum atomic E-state index is 0.257. The first kappa shape index (κ1) is 14.8. The summed E-state index contributed by atoms with van der Waals surface area (Å²) in [5.74, 6) is 2.58. The number of nitrogens with zero attached hydrogens (tertiary/aromatic N) is 5. The summed E-state index contributed by atoms with van der Waals surface area (Å²) in [6, 6.07) is 0.370. The van der Waals surface area contributed by atoms with Gasteiger partial charge in [-0.05, 0) is 25.4 Å². The molecule has 1 aromatic heterocycles. The lowest BCUT2D eigenvalue weighted by atomic mass is 10.2. The van der Waals surface area contributed by atoms with Gasteiger partial charge in [-0.2, -0.15) is 26.7 Å². The van der Waals surface area contributed by atoms with Crippen molar-refractivity contribution in [1.29, 1.82) is 0 Å². The second-order valence-corrected chi connectivity index (χ2v) is 5.42. The Kier molecular flexibility index (Phi) is 5.46. The molecule has 0 saturated heterocycles. The van der Waals surface area contributed by atoms with Crippen molar-refractivity contribution in [3.05, 3.63) is 0 Å². The van der Waals surface area contributed by atoms with Gasteiger partial charge in [0.25, 0.3) is 0 Å². The molecule has 6 nitrogen and oxygen atoms in total. The van der Waals surface area contributed by atoms with Crippen molar-refractivity contribution in [2.24, 2.45) is 0 Å². The molecule has 1 aromatic rings. The van der Waals surface area contributed by atoms with Crippen LogP contribution in [0.15, 0.2) is 0 Å². The van der Waals surface area contributed by atoms with Gasteiger partial charge in [-0.1, -0.05) is 0 Å². The van der Waals surface area contributed by atoms with E-state index in [4.69, 9.17) is 5.73 Å². The number of anilines is 3. The summed E-state index contributed by atoms with van der Waals surface area (Å²) >= 11 is 1.84. The number of nitrogens with two attached hydrogens (primary N) is 1. The highest BCUT2D eigenvalue weighted by atomic mass is 32.2. The molecule has 7 heteroatoms. The summed E-state index contributed by atoms with van der Waals surface area (Å²) in [7, 11) is 5.75. The van der Waals surface area contributed by atoms with Crippen LogP contribution in [0.25, 0.3) is 0 Å². The molecule has 1 unspecified atom stereocenters. The van der Waals surface area contributed by atoms with Gasteiger partial charge in [0.05, 0.1) is 0 Å². The quantitative estimate of drug-likeness (QED) is 0.829. The van der Waals surface area contributed by atoms with E-state index in [1.165, 1.54) is 0 Å². The van der Waals surface area contributed by atoms with Crippen LogP contribution in [0, 0.1) is 0 Å². The van der Waals surface area contributed by atoms with Gasteiger partial charge < -0.3 is 15.5 Å². The third-order valence-electron chi connectivity index (χ3n) is 2.75. The summed E-state index contributed by atoms with van der Waals surface area (Å²) in [6.07, 6.45) is 3.19. The van der Waals surface area contributed by atoms with E-state index in [1.54, 1.807) is 0 Å². The van der Waals surface area contributed by atoms with E-state index >= 15 is 0 Å². The summed E-state index contributed by atoms with van der Waals surface area (Å²) in [5.41, 5.74) is 5.72. The van der Waals surface area contributed by atoms with E-state index in [0.29, 0.717) is 17.9 Å². The van der Waals surface area contributed by atoms with Crippen molar-refractivity contribution in [1.82, 2.24) is 15.0 Å². The molecule has 1 atom stereocenters. The van der Waals surface area contributed by atoms with Crippen LogP contribution in [0.3, 0.4) is 0 Å². The number of thioether (sulfide) groups is 1. The zero-order chi connectivity index (χ0) is 13.7. The van der Waals surface area contributed by atoms with Gasteiger partial charge in [0, 0.05) is 27.2 Å². The number of aromatic nitrogens is 3. The third kappa shape index (κ3) is 3.90. The molecular weight excluding hydrogens is 248 g/mol. The van der Waals surface area contributed by atoms with E-state index in [0.717, 1.165) is 12.2 Å². The monoisotopic (exact) mass is 270 g/mol. The van der Waals surface area contributed by atoms with E-state index in [-0.39, 0.29) is 5.95 Å². The van der Waals surface area contributed by atoms with Crippen LogP contribution in [0.1, 0.15) is 13.3 Å². The van der Waals surface area contributed by atoms with Crippen LogP contribution in [-0.2, 0) is 0 Å². The van der Waals surface area contributed by atoms with Gasteiger partial charge >= 0.3 is 0 Å². The molecule has 0 aliphatic heterocycles. The van der Waals surface area contributed by atoms with Gasteiger partial charge in [0.1, 0.15) is 0 Å². The fraction of sp³-hybridized carbons (Fsp3) is 0.727. The van der Waals surface area contributed by atoms with Gasteiger partial charge in [-0.3, -0.25) is 0 Å². The zero-order valence-corrected chi connectivity index (χ0v) is 12.5. The number of rotatable bonds is 6. The normalized spacial score (nSPS) is 12.3. The van der Waals surface area contributed by atoms with Crippen molar-refractivity contribution in [3.8, 4) is 0 Å². The predicted octanol–water partition coefficient (Wildman–Crippen LogP) is 1.10. The molecule has 18 heavy (non-hydrogen) atoms. The minimum absolute atomic E-state index is 0.257. The molecule has 0 radical (unpaired) electrons. The van der Waals surface area contributed by atoms with Crippen molar-refractivity contribution < 1.29 is 0 Å². The summed E-state index contributed by atoms with van der Waals surface area (Å²) < 4.78 is 0. The first-order valence-electron chi connectivity index (χ1n) is 5.86. The topological polar surface area (TPSA) is 71.2 Å². The number of nitrogen functional groups attached to an aromatic ring is 1. The fourth-order valence-corrected chi connectivity index (χ4v) is 1.98. The van der Waals surface area contributed by atoms with Gasteiger partial charge in [-0.15, -0.1) is 0 Å². The Morgan fingerprint density at radius 1 is 1.17 bits per heavy atom. The van der Waals surface area contributed by atoms with Crippen molar-refractivity contribution in [2.75, 3.05) is 48.7 Å². The van der Waals surface area contributed by atoms with Crippen molar-refractivity contribution in [2.45, 2.75) is 19.4 Å². The predicted molar refractivity (Wildman–Crippen MR) is 79.4 cm³/mol. The minimum Gasteiger partial charge on any atom is -0.368 e. The molecule has 0 saturated carbocycles. The average molecular weight is 270 g/mol. The number of hydrogen-bond acceptors (Lipinski definition) is 7. The molecule has 0 aliphatic carbocycles. The Morgan fingerprint density at radius 2 is 1.78 bits per heavy atom. The summed E-state index contributed by atoms with van der Waals surface area (Å²) in [4.78, 5) is 16.6. The van der Waals surface area contributed by atoms with Gasteiger partial charge in [0.2, 0.25) is 17.8 Å². The highest BCUT2D eigenvalue weighted by Crippen LogP contribution is 2.16. The highest BCUT2D eigenvalue weighted by molar-refractivity contribution is 7.98. The lowest BCUT2D eigenvalue weighted by Crippen LogP contribution is -2.32. The second-order valence-electron chi connectivity index (χ2n) is 4.43. The largest absolute Gasteiger partial charge is 0.368 e. The third-order valence-corrected chi connectivity index (χ3v) is 3.39. The van der Waals surface area contributed by atoms with Gasteiger partial charge in [0.15, 0.2) is 0 Å². The molecule has 102 valence electrons. The Balaban J connectivity index is 2.87. The van der Waals surface area contributed by atoms with Crippen LogP contribution in [-0.4, -0.2) is 54.1 Å². The second kappa shape index (κ2) is 6.63. The maximum atomic E-state index is 5.72. The van der Waals surface area contributed by atoms with Crippen LogP contribution in [0.4, 0.5) is 17.8 Å². The Labute approximate surface area is 113 Å². The summed E-state index contributed by atoms with van der Waals surface area (Å²) in [5, 5.41) is 0. The van der Waals surface area contributed by atoms with Crippen LogP contribution >= 0.6 is 11.8 Å². The molecule has 0 amide bonds. The average Bonchev–Trinajstić information content (AvgIpc) is 2.34. The molecule has 0 spiro atoms. The first-order valence-corrected chi connectivity index (χ1v) is 7.25. The van der Waals surface area contributed by atoms with Crippen molar-refractivity contribution >= 4 is 29.6 Å². The molecular formula is C11H22N6S. The zero-order valence-electron chi connectivity index (χ0n) is 11.7. The maximum absolute atomic E-state index is 5.72. The Morgan fingerprint density at radius 3 is 2.33 bits per heavy atom. The van der Waals surface area contributed by atoms with E-state index in [2.05, 4.69) is 28.1 Å². The molecule has 1 rings (SSSR count). The molecule has 0 bridgehead atoms. The van der Waals surface area contributed by atoms with Gasteiger partial charge in [-0.25, -0.2) is 0 Å². The fourth-order valence-electron chi connectivity index (χ4n) is 1.41. The van der Waals surface area contributed by atoms with E-state index < -0.39 is 0 Å². The first-order chi connectivity index (χ1) is 8.45. The standard InChI is InChI=1S/C11H22N6S/c1-8(6-7-18-5)17(4)11-14-9(12)13-10(15-11)16(2)3/h8H,6-7H2,1-5H3,(H2,12,13,14,15). The van der Waals surface area contributed by atoms with Crippen LogP contribution < -0.4 is 15.5 Å². The van der Waals surface area contributed by atoms with E-state index in [1.807, 2.05) is 42.7 Å². The van der Waals surface area contributed by atoms with Crippen LogP contribution in [0.5, 0.6) is 0 Å². The Hall–Kier alpha value is -1.24. The lowest BCUT2D eigenvalue weighted by Gasteiger charge is -2.25. The highest BCUT2D eigenvalue weighted by Gasteiger charge is 2.15. The van der Waals surface area contributed by atoms with E-state index in [9.17, 15) is 0 Å². The smallest absolute Gasteiger partial charge is 0.231 e. The molecule has 2 N–H and O–H groups in total. The summed E-state index contributed by atoms with van der Waals surface area (Å²) in [6.45, 7) is 2.16. The SMILES string of the molecule is CSCCC(C)N(C)c1nc(N)nc(N(C)C)n1. The van der Waals surface area contributed by atoms with Crippen molar-refractivity contribution in [3.63, 3.8) is 0 Å². The molecule has 0 aliphatic rings. The molecule has 0 aromatic carbocycles.